The Morgan fingerprint density at radius 1 is 1.80 bits per heavy atom. The molecule has 0 heterocycles. The molecule has 0 amide bonds. The molecular formula is C5H6NO4+. The topological polar surface area (TPSA) is 66.6 Å². The van der Waals surface area contributed by atoms with Gasteiger partial charge in [-0.25, -0.2) is 10.0 Å². The van der Waals surface area contributed by atoms with E-state index in [1.165, 1.54) is 6.92 Å². The second-order valence-electron chi connectivity index (χ2n) is 1.52. The van der Waals surface area contributed by atoms with E-state index in [-0.39, 0.29) is 10.5 Å². The van der Waals surface area contributed by atoms with Crippen molar-refractivity contribution in [3.8, 4) is 0 Å². The molecule has 0 aliphatic heterocycles. The maximum atomic E-state index is 10.4. The average Bonchev–Trinajstić information content (AvgIpc) is 1.87. The van der Waals surface area contributed by atoms with Crippen LogP contribution in [0.4, 0.5) is 0 Å². The van der Waals surface area contributed by atoms with Crippen LogP contribution in [-0.2, 0) is 14.4 Å². The molecule has 0 aliphatic carbocycles. The van der Waals surface area contributed by atoms with Gasteiger partial charge in [0.05, 0.1) is 0 Å². The summed E-state index contributed by atoms with van der Waals surface area (Å²) in [5.74, 6) is -0.883. The van der Waals surface area contributed by atoms with E-state index in [1.807, 2.05) is 0 Å². The van der Waals surface area contributed by atoms with Crippen LogP contribution in [0.5, 0.6) is 0 Å². The summed E-state index contributed by atoms with van der Waals surface area (Å²) in [6, 6.07) is 0. The highest BCUT2D eigenvalue weighted by Gasteiger charge is 2.13. The van der Waals surface area contributed by atoms with Crippen LogP contribution in [0.2, 0.25) is 0 Å². The van der Waals surface area contributed by atoms with Gasteiger partial charge in [-0.15, -0.1) is 4.84 Å². The maximum absolute atomic E-state index is 10.4. The van der Waals surface area contributed by atoms with Crippen LogP contribution >= 0.6 is 0 Å². The minimum Gasteiger partial charge on any atom is -0.239 e. The Labute approximate surface area is 56.8 Å². The highest BCUT2D eigenvalue weighted by Crippen LogP contribution is 1.89. The summed E-state index contributed by atoms with van der Waals surface area (Å²) >= 11 is 0. The van der Waals surface area contributed by atoms with Gasteiger partial charge in [0.25, 0.3) is 0 Å². The van der Waals surface area contributed by atoms with Gasteiger partial charge < -0.3 is 0 Å². The van der Waals surface area contributed by atoms with Crippen LogP contribution in [-0.4, -0.2) is 22.2 Å². The Morgan fingerprint density at radius 3 is 2.60 bits per heavy atom. The smallest absolute Gasteiger partial charge is 0.239 e. The van der Waals surface area contributed by atoms with E-state index in [0.717, 1.165) is 6.08 Å². The Morgan fingerprint density at radius 2 is 2.30 bits per heavy atom. The third-order valence-corrected chi connectivity index (χ3v) is 0.596. The first-order chi connectivity index (χ1) is 4.57. The molecule has 0 atom stereocenters. The molecule has 0 fully saturated rings. The number of isocyanates is 1. The second-order valence-corrected chi connectivity index (χ2v) is 1.52. The molecule has 0 saturated heterocycles. The number of carbonyl (C=O) groups is 1. The van der Waals surface area contributed by atoms with Crippen molar-refractivity contribution in [2.45, 2.75) is 6.92 Å². The molecule has 0 aromatic heterocycles. The van der Waals surface area contributed by atoms with Crippen molar-refractivity contribution in [3.05, 3.63) is 12.2 Å². The van der Waals surface area contributed by atoms with Gasteiger partial charge in [0.1, 0.15) is 0 Å². The number of nitrogens with zero attached hydrogens (tertiary/aromatic N) is 1. The molecule has 0 aromatic rings. The molecule has 1 N–H and O–H groups in total. The van der Waals surface area contributed by atoms with Gasteiger partial charge in [-0.05, 0) is 6.92 Å². The summed E-state index contributed by atoms with van der Waals surface area (Å²) in [7, 11) is 0. The lowest BCUT2D eigenvalue weighted by Gasteiger charge is -1.86. The molecule has 0 rings (SSSR count). The van der Waals surface area contributed by atoms with E-state index in [1.54, 1.807) is 0 Å². The lowest BCUT2D eigenvalue weighted by atomic mass is 10.4. The summed E-state index contributed by atoms with van der Waals surface area (Å²) in [6.45, 7) is 4.58. The van der Waals surface area contributed by atoms with Gasteiger partial charge >= 0.3 is 17.0 Å². The molecule has 10 heavy (non-hydrogen) atoms. The van der Waals surface area contributed by atoms with Crippen LogP contribution in [0.25, 0.3) is 0 Å². The zero-order valence-corrected chi connectivity index (χ0v) is 5.33. The number of rotatable bonds is 2. The standard InChI is InChI=1S/C5H6NO4/c1-4(2)5(8)10-6(9)3-7/h9H,1H2,2H3/q+1. The molecule has 0 radical (unpaired) electrons. The van der Waals surface area contributed by atoms with E-state index in [0.29, 0.717) is 0 Å². The summed E-state index contributed by atoms with van der Waals surface area (Å²) in [6.07, 6.45) is 0.905. The fraction of sp³-hybridized carbons (Fsp3) is 0.200. The molecular weight excluding hydrogens is 138 g/mol. The zero-order valence-electron chi connectivity index (χ0n) is 5.33. The summed E-state index contributed by atoms with van der Waals surface area (Å²) < 4.78 is 0. The summed E-state index contributed by atoms with van der Waals surface area (Å²) in [5.41, 5.74) is 0.0781. The van der Waals surface area contributed by atoms with Crippen LogP contribution in [0, 0.1) is 0 Å². The average molecular weight is 144 g/mol. The van der Waals surface area contributed by atoms with E-state index in [9.17, 15) is 9.59 Å². The first kappa shape index (κ1) is 8.39. The van der Waals surface area contributed by atoms with Crippen LogP contribution in [0.1, 0.15) is 6.92 Å². The SMILES string of the molecule is C=C(C)C(=O)O[N+](O)=C=O. The van der Waals surface area contributed by atoms with Gasteiger partial charge in [-0.2, -0.15) is 4.79 Å². The first-order valence-electron chi connectivity index (χ1n) is 2.32. The van der Waals surface area contributed by atoms with Gasteiger partial charge in [0.15, 0.2) is 0 Å². The third-order valence-electron chi connectivity index (χ3n) is 0.596. The molecule has 0 unspecified atom stereocenters. The van der Waals surface area contributed by atoms with E-state index >= 15 is 0 Å². The zero-order chi connectivity index (χ0) is 8.15. The van der Waals surface area contributed by atoms with Gasteiger partial charge in [-0.3, -0.25) is 0 Å². The first-order valence-corrected chi connectivity index (χ1v) is 2.32. The van der Waals surface area contributed by atoms with Crippen molar-refractivity contribution in [1.82, 2.24) is 0 Å². The van der Waals surface area contributed by atoms with Gasteiger partial charge in [0.2, 0.25) is 0 Å². The monoisotopic (exact) mass is 144 g/mol. The Bertz CT molecular complexity index is 214. The molecule has 5 nitrogen and oxygen atoms in total. The molecule has 0 spiro atoms. The predicted octanol–water partition coefficient (Wildman–Crippen LogP) is -0.242. The Hall–Kier alpha value is -1.61. The lowest BCUT2D eigenvalue weighted by Crippen LogP contribution is -2.13. The normalized spacial score (nSPS) is 7.70. The largest absolute Gasteiger partial charge is 0.540 e. The fourth-order valence-corrected chi connectivity index (χ4v) is 0.175. The Balaban J connectivity index is 4.06. The van der Waals surface area contributed by atoms with Crippen molar-refractivity contribution in [2.75, 3.05) is 0 Å². The Kier molecular flexibility index (Phi) is 2.87. The van der Waals surface area contributed by atoms with Crippen LogP contribution in [0.15, 0.2) is 12.2 Å². The summed E-state index contributed by atoms with van der Waals surface area (Å²) in [5, 5.41) is 8.20. The number of carbonyl (C=O) groups excluding carboxylic acids is 2. The van der Waals surface area contributed by atoms with Gasteiger partial charge in [0, 0.05) is 5.57 Å². The maximum Gasteiger partial charge on any atom is 0.540 e. The minimum atomic E-state index is -0.883. The quantitative estimate of drug-likeness (QED) is 0.145. The number of hydrogen-bond acceptors (Lipinski definition) is 4. The van der Waals surface area contributed by atoms with Gasteiger partial charge in [-0.1, -0.05) is 6.58 Å². The lowest BCUT2D eigenvalue weighted by molar-refractivity contribution is -0.940. The van der Waals surface area contributed by atoms with Crippen molar-refractivity contribution >= 4 is 12.0 Å². The van der Waals surface area contributed by atoms with Crippen LogP contribution < -0.4 is 0 Å². The fourth-order valence-electron chi connectivity index (χ4n) is 0.175. The minimum absolute atomic E-state index is 0.0781. The molecule has 0 bridgehead atoms. The van der Waals surface area contributed by atoms with Crippen molar-refractivity contribution in [3.63, 3.8) is 0 Å². The molecule has 0 aliphatic rings. The van der Waals surface area contributed by atoms with E-state index in [4.69, 9.17) is 5.21 Å². The predicted molar refractivity (Wildman–Crippen MR) is 28.6 cm³/mol. The van der Waals surface area contributed by atoms with Crippen molar-refractivity contribution < 1.29 is 24.5 Å². The van der Waals surface area contributed by atoms with Crippen molar-refractivity contribution in [1.29, 1.82) is 0 Å². The van der Waals surface area contributed by atoms with Crippen molar-refractivity contribution in [2.24, 2.45) is 0 Å². The third kappa shape index (κ3) is 2.64. The molecule has 5 heteroatoms. The highest BCUT2D eigenvalue weighted by molar-refractivity contribution is 5.86. The second kappa shape index (κ2) is 3.42. The van der Waals surface area contributed by atoms with E-state index < -0.39 is 5.97 Å². The molecule has 54 valence electrons. The van der Waals surface area contributed by atoms with E-state index in [2.05, 4.69) is 11.4 Å². The molecule has 0 aromatic carbocycles. The highest BCUT2D eigenvalue weighted by atomic mass is 16.9. The molecule has 0 saturated carbocycles. The van der Waals surface area contributed by atoms with Crippen LogP contribution in [0.3, 0.4) is 0 Å². The summed E-state index contributed by atoms with van der Waals surface area (Å²) in [4.78, 5) is 23.5. The number of hydrogen-bond donors (Lipinski definition) is 1.